The quantitative estimate of drug-likeness (QED) is 0.671. The minimum atomic E-state index is 0.568. The lowest BCUT2D eigenvalue weighted by atomic mass is 9.96. The molecular formula is C18H24N8O. The minimum absolute atomic E-state index is 0.568. The van der Waals surface area contributed by atoms with E-state index in [0.29, 0.717) is 17.6 Å². The molecule has 0 saturated carbocycles. The third-order valence-electron chi connectivity index (χ3n) is 5.03. The van der Waals surface area contributed by atoms with Gasteiger partial charge in [0.1, 0.15) is 12.1 Å². The lowest BCUT2D eigenvalue weighted by molar-refractivity contribution is 0.386. The van der Waals surface area contributed by atoms with Crippen molar-refractivity contribution >= 4 is 17.4 Å². The Kier molecular flexibility index (Phi) is 4.74. The van der Waals surface area contributed by atoms with Crippen molar-refractivity contribution in [3.8, 4) is 5.88 Å². The highest BCUT2D eigenvalue weighted by atomic mass is 16.5. The molecular weight excluding hydrogens is 344 g/mol. The molecule has 0 amide bonds. The van der Waals surface area contributed by atoms with Crippen LogP contribution in [0.1, 0.15) is 18.5 Å². The van der Waals surface area contributed by atoms with Crippen LogP contribution in [0.3, 0.4) is 0 Å². The number of rotatable bonds is 5. The van der Waals surface area contributed by atoms with E-state index in [-0.39, 0.29) is 0 Å². The first-order chi connectivity index (χ1) is 13.2. The first-order valence-electron chi connectivity index (χ1n) is 9.14. The molecule has 0 N–H and O–H groups in total. The van der Waals surface area contributed by atoms with Crippen LogP contribution >= 0.6 is 0 Å². The molecule has 0 spiro atoms. The van der Waals surface area contributed by atoms with E-state index in [1.165, 1.54) is 0 Å². The van der Waals surface area contributed by atoms with Crippen LogP contribution in [-0.2, 0) is 0 Å². The van der Waals surface area contributed by atoms with Crippen molar-refractivity contribution < 1.29 is 4.74 Å². The van der Waals surface area contributed by atoms with Crippen molar-refractivity contribution in [3.05, 3.63) is 30.5 Å². The van der Waals surface area contributed by atoms with E-state index in [9.17, 15) is 0 Å². The highest BCUT2D eigenvalue weighted by Crippen LogP contribution is 2.27. The number of methoxy groups -OCH3 is 1. The molecule has 1 fully saturated rings. The number of aryl methyl sites for hydroxylation is 1. The highest BCUT2D eigenvalue weighted by Gasteiger charge is 2.24. The maximum absolute atomic E-state index is 5.33. The van der Waals surface area contributed by atoms with Crippen molar-refractivity contribution in [2.45, 2.75) is 19.8 Å². The number of piperidine rings is 1. The van der Waals surface area contributed by atoms with Crippen LogP contribution in [0.2, 0.25) is 0 Å². The number of hydrogen-bond donors (Lipinski definition) is 0. The second kappa shape index (κ2) is 7.34. The van der Waals surface area contributed by atoms with Gasteiger partial charge in [-0.3, -0.25) is 0 Å². The topological polar surface area (TPSA) is 84.6 Å². The number of aromatic nitrogens is 6. The average molecular weight is 368 g/mol. The summed E-state index contributed by atoms with van der Waals surface area (Å²) >= 11 is 0. The summed E-state index contributed by atoms with van der Waals surface area (Å²) in [7, 11) is 3.67. The fourth-order valence-corrected chi connectivity index (χ4v) is 3.68. The second-order valence-corrected chi connectivity index (χ2v) is 6.93. The largest absolute Gasteiger partial charge is 0.478 e. The third-order valence-corrected chi connectivity index (χ3v) is 5.03. The first-order valence-corrected chi connectivity index (χ1v) is 9.14. The summed E-state index contributed by atoms with van der Waals surface area (Å²) in [4.78, 5) is 21.8. The van der Waals surface area contributed by atoms with Gasteiger partial charge in [-0.25, -0.2) is 15.0 Å². The van der Waals surface area contributed by atoms with Gasteiger partial charge in [0.15, 0.2) is 5.82 Å². The average Bonchev–Trinajstić information content (AvgIpc) is 3.16. The van der Waals surface area contributed by atoms with E-state index in [1.807, 2.05) is 18.5 Å². The smallest absolute Gasteiger partial charge is 0.257 e. The maximum atomic E-state index is 5.33. The van der Waals surface area contributed by atoms with Gasteiger partial charge in [0, 0.05) is 50.8 Å². The van der Waals surface area contributed by atoms with Crippen LogP contribution in [0, 0.1) is 12.8 Å². The molecule has 1 aliphatic rings. The van der Waals surface area contributed by atoms with Gasteiger partial charge >= 0.3 is 0 Å². The molecule has 0 bridgehead atoms. The summed E-state index contributed by atoms with van der Waals surface area (Å²) in [6.07, 6.45) is 7.11. The summed E-state index contributed by atoms with van der Waals surface area (Å²) in [5.74, 6) is 3.67. The zero-order valence-electron chi connectivity index (χ0n) is 15.9. The minimum Gasteiger partial charge on any atom is -0.478 e. The van der Waals surface area contributed by atoms with E-state index < -0.39 is 0 Å². The van der Waals surface area contributed by atoms with E-state index in [2.05, 4.69) is 40.9 Å². The molecule has 0 aliphatic carbocycles. The van der Waals surface area contributed by atoms with Gasteiger partial charge < -0.3 is 14.5 Å². The molecule has 0 unspecified atom stereocenters. The monoisotopic (exact) mass is 368 g/mol. The van der Waals surface area contributed by atoms with Crippen LogP contribution in [0.4, 0.5) is 11.6 Å². The molecule has 3 aromatic rings. The first kappa shape index (κ1) is 17.4. The summed E-state index contributed by atoms with van der Waals surface area (Å²) in [5.41, 5.74) is 0.960. The van der Waals surface area contributed by atoms with Gasteiger partial charge in [-0.2, -0.15) is 14.6 Å². The van der Waals surface area contributed by atoms with Gasteiger partial charge in [-0.1, -0.05) is 0 Å². The summed E-state index contributed by atoms with van der Waals surface area (Å²) in [5, 5.41) is 4.33. The Morgan fingerprint density at radius 3 is 2.74 bits per heavy atom. The molecule has 0 atom stereocenters. The molecule has 27 heavy (non-hydrogen) atoms. The van der Waals surface area contributed by atoms with Crippen molar-refractivity contribution in [2.75, 3.05) is 43.6 Å². The van der Waals surface area contributed by atoms with Crippen LogP contribution in [0.15, 0.2) is 24.8 Å². The molecule has 9 nitrogen and oxygen atoms in total. The number of anilines is 2. The van der Waals surface area contributed by atoms with Gasteiger partial charge in [-0.15, -0.1) is 0 Å². The third kappa shape index (κ3) is 3.49. The van der Waals surface area contributed by atoms with Crippen LogP contribution in [0.5, 0.6) is 5.88 Å². The Labute approximate surface area is 158 Å². The molecule has 1 saturated heterocycles. The summed E-state index contributed by atoms with van der Waals surface area (Å²) < 4.78 is 7.15. The standard InChI is InChI=1S/C18H24N8O/c1-13-10-15(26-18(23-13)21-12-22-26)25-8-4-14(5-9-25)11-24(2)16-17(27-3)20-7-6-19-16/h6-7,10,12,14H,4-5,8-9,11H2,1-3H3. The molecule has 0 aromatic carbocycles. The van der Waals surface area contributed by atoms with Gasteiger partial charge in [0.2, 0.25) is 0 Å². The van der Waals surface area contributed by atoms with E-state index in [0.717, 1.165) is 49.8 Å². The van der Waals surface area contributed by atoms with Crippen molar-refractivity contribution in [1.82, 2.24) is 29.5 Å². The van der Waals surface area contributed by atoms with Crippen LogP contribution in [-0.4, -0.2) is 63.3 Å². The number of nitrogens with zero attached hydrogens (tertiary/aromatic N) is 8. The Morgan fingerprint density at radius 1 is 1.19 bits per heavy atom. The maximum Gasteiger partial charge on any atom is 0.257 e. The Morgan fingerprint density at radius 2 is 1.96 bits per heavy atom. The molecule has 1 aliphatic heterocycles. The SMILES string of the molecule is COc1nccnc1N(C)CC1CCN(c2cc(C)nc3ncnn23)CC1. The van der Waals surface area contributed by atoms with Crippen molar-refractivity contribution in [3.63, 3.8) is 0 Å². The Balaban J connectivity index is 1.42. The zero-order valence-corrected chi connectivity index (χ0v) is 15.9. The molecule has 4 rings (SSSR count). The Hall–Kier alpha value is -2.97. The summed E-state index contributed by atoms with van der Waals surface area (Å²) in [6, 6.07) is 2.08. The normalized spacial score (nSPS) is 15.3. The molecule has 3 aromatic heterocycles. The lowest BCUT2D eigenvalue weighted by Crippen LogP contribution is -2.39. The zero-order chi connectivity index (χ0) is 18.8. The fraction of sp³-hybridized carbons (Fsp3) is 0.500. The molecule has 4 heterocycles. The number of fused-ring (bicyclic) bond motifs is 1. The van der Waals surface area contributed by atoms with E-state index >= 15 is 0 Å². The van der Waals surface area contributed by atoms with E-state index in [4.69, 9.17) is 4.74 Å². The lowest BCUT2D eigenvalue weighted by Gasteiger charge is -2.35. The highest BCUT2D eigenvalue weighted by molar-refractivity contribution is 5.48. The Bertz CT molecular complexity index is 919. The van der Waals surface area contributed by atoms with Gasteiger partial charge in [-0.05, 0) is 25.7 Å². The van der Waals surface area contributed by atoms with Crippen molar-refractivity contribution in [1.29, 1.82) is 0 Å². The second-order valence-electron chi connectivity index (χ2n) is 6.93. The molecule has 142 valence electrons. The molecule has 9 heteroatoms. The van der Waals surface area contributed by atoms with Crippen LogP contribution in [0.25, 0.3) is 5.78 Å². The van der Waals surface area contributed by atoms with Gasteiger partial charge in [0.25, 0.3) is 11.7 Å². The predicted octanol–water partition coefficient (Wildman–Crippen LogP) is 1.58. The fourth-order valence-electron chi connectivity index (χ4n) is 3.68. The molecule has 0 radical (unpaired) electrons. The van der Waals surface area contributed by atoms with Gasteiger partial charge in [0.05, 0.1) is 7.11 Å². The number of ether oxygens (including phenoxy) is 1. The summed E-state index contributed by atoms with van der Waals surface area (Å²) in [6.45, 7) is 4.88. The predicted molar refractivity (Wildman–Crippen MR) is 102 cm³/mol. The van der Waals surface area contributed by atoms with Crippen molar-refractivity contribution in [2.24, 2.45) is 5.92 Å². The van der Waals surface area contributed by atoms with E-state index in [1.54, 1.807) is 25.8 Å². The number of hydrogen-bond acceptors (Lipinski definition) is 8. The van der Waals surface area contributed by atoms with Crippen LogP contribution < -0.4 is 14.5 Å².